The largest absolute Gasteiger partial charge is 0.496 e. The first-order valence-electron chi connectivity index (χ1n) is 10.0. The van der Waals surface area contributed by atoms with Gasteiger partial charge in [0, 0.05) is 41.3 Å². The van der Waals surface area contributed by atoms with Crippen LogP contribution in [0.5, 0.6) is 10.9 Å². The van der Waals surface area contributed by atoms with E-state index in [1.165, 1.54) is 0 Å². The Hall–Kier alpha value is -3.56. The normalized spacial score (nSPS) is 10.6. The van der Waals surface area contributed by atoms with Gasteiger partial charge in [-0.3, -0.25) is 20.1 Å². The number of methoxy groups -OCH3 is 1. The third kappa shape index (κ3) is 5.63. The molecule has 0 fully saturated rings. The highest BCUT2D eigenvalue weighted by Crippen LogP contribution is 2.33. The average molecular weight is 482 g/mol. The quantitative estimate of drug-likeness (QED) is 0.384. The third-order valence-corrected chi connectivity index (χ3v) is 5.66. The topological polar surface area (TPSA) is 99.1 Å². The van der Waals surface area contributed by atoms with E-state index in [0.717, 1.165) is 28.3 Å². The van der Waals surface area contributed by atoms with Crippen molar-refractivity contribution >= 4 is 34.0 Å². The molecule has 168 valence electrons. The number of pyridine rings is 2. The fourth-order valence-corrected chi connectivity index (χ4v) is 3.84. The summed E-state index contributed by atoms with van der Waals surface area (Å²) in [5.41, 5.74) is 3.56. The fourth-order valence-electron chi connectivity index (χ4n) is 3.11. The molecule has 1 N–H and O–H groups in total. The van der Waals surface area contributed by atoms with Crippen molar-refractivity contribution in [3.63, 3.8) is 0 Å². The van der Waals surface area contributed by atoms with Gasteiger partial charge >= 0.3 is 0 Å². The minimum atomic E-state index is -0.350. The maximum absolute atomic E-state index is 13.0. The summed E-state index contributed by atoms with van der Waals surface area (Å²) in [6.07, 6.45) is 3.73. The Kier molecular flexibility index (Phi) is 7.11. The van der Waals surface area contributed by atoms with Gasteiger partial charge in [0.25, 0.3) is 11.1 Å². The predicted octanol–water partition coefficient (Wildman–Crippen LogP) is 4.84. The zero-order chi connectivity index (χ0) is 23.2. The Morgan fingerprint density at radius 1 is 1.09 bits per heavy atom. The number of carbonyl (C=O) groups is 1. The number of anilines is 1. The molecule has 0 aliphatic rings. The molecule has 0 bridgehead atoms. The number of aromatic nitrogens is 4. The zero-order valence-electron chi connectivity index (χ0n) is 17.9. The summed E-state index contributed by atoms with van der Waals surface area (Å²) in [7, 11) is 1.60. The molecule has 1 amide bonds. The van der Waals surface area contributed by atoms with Crippen LogP contribution in [0.15, 0.2) is 54.9 Å². The SMILES string of the molecule is COc1ccccc1-c1cc(C)ncc1C(=O)Nc1nnc(OCCc2ccc(Cl)cn2)s1. The van der Waals surface area contributed by atoms with Crippen molar-refractivity contribution in [2.24, 2.45) is 0 Å². The highest BCUT2D eigenvalue weighted by Gasteiger charge is 2.18. The number of ether oxygens (including phenoxy) is 2. The van der Waals surface area contributed by atoms with Gasteiger partial charge in [-0.1, -0.05) is 34.9 Å². The summed E-state index contributed by atoms with van der Waals surface area (Å²) < 4.78 is 11.1. The molecule has 0 atom stereocenters. The first-order chi connectivity index (χ1) is 16.0. The van der Waals surface area contributed by atoms with Crippen LogP contribution in [0.25, 0.3) is 11.1 Å². The van der Waals surface area contributed by atoms with Gasteiger partial charge in [0.05, 0.1) is 24.3 Å². The first kappa shape index (κ1) is 22.6. The lowest BCUT2D eigenvalue weighted by atomic mass is 9.99. The second-order valence-corrected chi connectivity index (χ2v) is 8.34. The number of halogens is 1. The maximum Gasteiger partial charge on any atom is 0.295 e. The Balaban J connectivity index is 1.45. The molecule has 4 rings (SSSR count). The van der Waals surface area contributed by atoms with Gasteiger partial charge in [0.2, 0.25) is 5.13 Å². The lowest BCUT2D eigenvalue weighted by Gasteiger charge is -2.13. The van der Waals surface area contributed by atoms with Crippen molar-refractivity contribution in [1.82, 2.24) is 20.2 Å². The van der Waals surface area contributed by atoms with Crippen LogP contribution in [0.3, 0.4) is 0 Å². The maximum atomic E-state index is 13.0. The monoisotopic (exact) mass is 481 g/mol. The number of benzene rings is 1. The van der Waals surface area contributed by atoms with E-state index in [1.807, 2.05) is 43.3 Å². The molecule has 1 aromatic carbocycles. The number of aryl methyl sites for hydroxylation is 1. The third-order valence-electron chi connectivity index (χ3n) is 4.68. The Morgan fingerprint density at radius 3 is 2.73 bits per heavy atom. The molecule has 0 saturated heterocycles. The van der Waals surface area contributed by atoms with Crippen LogP contribution < -0.4 is 14.8 Å². The van der Waals surface area contributed by atoms with Crippen molar-refractivity contribution in [3.05, 3.63) is 76.8 Å². The Labute approximate surface area is 199 Å². The zero-order valence-corrected chi connectivity index (χ0v) is 19.5. The van der Waals surface area contributed by atoms with Gasteiger partial charge in [-0.25, -0.2) is 0 Å². The van der Waals surface area contributed by atoms with Crippen LogP contribution in [0, 0.1) is 6.92 Å². The number of carbonyl (C=O) groups excluding carboxylic acids is 1. The van der Waals surface area contributed by atoms with Gasteiger partial charge in [-0.15, -0.1) is 5.10 Å². The van der Waals surface area contributed by atoms with Crippen molar-refractivity contribution in [2.45, 2.75) is 13.3 Å². The van der Waals surface area contributed by atoms with E-state index in [0.29, 0.717) is 45.3 Å². The Bertz CT molecular complexity index is 1260. The minimum absolute atomic E-state index is 0.325. The van der Waals surface area contributed by atoms with Gasteiger partial charge in [0.15, 0.2) is 0 Å². The second kappa shape index (κ2) is 10.4. The van der Waals surface area contributed by atoms with Crippen LogP contribution in [0.2, 0.25) is 5.02 Å². The van der Waals surface area contributed by atoms with Crippen molar-refractivity contribution in [3.8, 4) is 22.1 Å². The number of nitrogens with one attached hydrogen (secondary N) is 1. The number of hydrogen-bond donors (Lipinski definition) is 1. The molecule has 3 aromatic heterocycles. The van der Waals surface area contributed by atoms with Crippen molar-refractivity contribution < 1.29 is 14.3 Å². The van der Waals surface area contributed by atoms with E-state index < -0.39 is 0 Å². The van der Waals surface area contributed by atoms with Crippen LogP contribution >= 0.6 is 22.9 Å². The lowest BCUT2D eigenvalue weighted by molar-refractivity contribution is 0.102. The molecule has 0 aliphatic heterocycles. The molecule has 8 nitrogen and oxygen atoms in total. The standard InChI is InChI=1S/C23H20ClN5O3S/c1-14-11-18(17-5-3-4-6-20(17)31-2)19(13-25-14)21(30)27-22-28-29-23(33-22)32-10-9-16-8-7-15(24)12-26-16/h3-8,11-13H,9-10H2,1-2H3,(H,27,28,30). The number of para-hydroxylation sites is 1. The first-order valence-corrected chi connectivity index (χ1v) is 11.2. The molecular formula is C23H20ClN5O3S. The van der Waals surface area contributed by atoms with Gasteiger partial charge in [0.1, 0.15) is 5.75 Å². The highest BCUT2D eigenvalue weighted by atomic mass is 35.5. The van der Waals surface area contributed by atoms with Gasteiger partial charge in [-0.2, -0.15) is 0 Å². The van der Waals surface area contributed by atoms with E-state index in [-0.39, 0.29) is 5.91 Å². The number of rotatable bonds is 8. The molecule has 3 heterocycles. The van der Waals surface area contributed by atoms with Crippen LogP contribution in [-0.2, 0) is 6.42 Å². The van der Waals surface area contributed by atoms with E-state index in [9.17, 15) is 4.79 Å². The van der Waals surface area contributed by atoms with E-state index >= 15 is 0 Å². The summed E-state index contributed by atoms with van der Waals surface area (Å²) in [6, 6.07) is 13.0. The molecule has 0 saturated carbocycles. The van der Waals surface area contributed by atoms with Crippen molar-refractivity contribution in [2.75, 3.05) is 19.0 Å². The summed E-state index contributed by atoms with van der Waals surface area (Å²) in [6.45, 7) is 2.24. The molecule has 33 heavy (non-hydrogen) atoms. The molecular weight excluding hydrogens is 462 g/mol. The van der Waals surface area contributed by atoms with E-state index in [4.69, 9.17) is 21.1 Å². The molecule has 0 spiro atoms. The van der Waals surface area contributed by atoms with Crippen LogP contribution in [0.4, 0.5) is 5.13 Å². The highest BCUT2D eigenvalue weighted by molar-refractivity contribution is 7.17. The molecule has 0 aliphatic carbocycles. The van der Waals surface area contributed by atoms with E-state index in [2.05, 4.69) is 25.5 Å². The fraction of sp³-hybridized carbons (Fsp3) is 0.174. The predicted molar refractivity (Wildman–Crippen MR) is 127 cm³/mol. The number of amides is 1. The van der Waals surface area contributed by atoms with Crippen molar-refractivity contribution in [1.29, 1.82) is 0 Å². The summed E-state index contributed by atoms with van der Waals surface area (Å²) in [5.74, 6) is 0.315. The van der Waals surface area contributed by atoms with Crippen LogP contribution in [0.1, 0.15) is 21.7 Å². The average Bonchev–Trinajstić information content (AvgIpc) is 3.27. The molecule has 0 radical (unpaired) electrons. The van der Waals surface area contributed by atoms with Crippen LogP contribution in [-0.4, -0.2) is 39.8 Å². The summed E-state index contributed by atoms with van der Waals surface area (Å²) in [5, 5.41) is 12.0. The molecule has 4 aromatic rings. The summed E-state index contributed by atoms with van der Waals surface area (Å²) >= 11 is 6.99. The smallest absolute Gasteiger partial charge is 0.295 e. The number of nitrogens with zero attached hydrogens (tertiary/aromatic N) is 4. The Morgan fingerprint density at radius 2 is 1.94 bits per heavy atom. The van der Waals surface area contributed by atoms with Gasteiger partial charge < -0.3 is 9.47 Å². The molecule has 0 unspecified atom stereocenters. The second-order valence-electron chi connectivity index (χ2n) is 6.97. The minimum Gasteiger partial charge on any atom is -0.496 e. The van der Waals surface area contributed by atoms with Gasteiger partial charge in [-0.05, 0) is 42.5 Å². The molecule has 10 heteroatoms. The number of hydrogen-bond acceptors (Lipinski definition) is 8. The lowest BCUT2D eigenvalue weighted by Crippen LogP contribution is -2.14. The summed E-state index contributed by atoms with van der Waals surface area (Å²) in [4.78, 5) is 21.6. The van der Waals surface area contributed by atoms with E-state index in [1.54, 1.807) is 25.6 Å².